The number of aromatic nitrogens is 2. The summed E-state index contributed by atoms with van der Waals surface area (Å²) in [6, 6.07) is 6.09. The molecule has 0 atom stereocenters. The highest BCUT2D eigenvalue weighted by atomic mass is 32.2. The van der Waals surface area contributed by atoms with Crippen LogP contribution in [-0.2, 0) is 0 Å². The van der Waals surface area contributed by atoms with Crippen LogP contribution < -0.4 is 0 Å². The average Bonchev–Trinajstić information content (AvgIpc) is 2.85. The highest BCUT2D eigenvalue weighted by Crippen LogP contribution is 2.26. The lowest BCUT2D eigenvalue weighted by Gasteiger charge is -1.95. The van der Waals surface area contributed by atoms with E-state index in [-0.39, 0.29) is 11.6 Å². The van der Waals surface area contributed by atoms with Gasteiger partial charge in [0.1, 0.15) is 0 Å². The van der Waals surface area contributed by atoms with Crippen LogP contribution in [0, 0.1) is 10.1 Å². The second-order valence-electron chi connectivity index (χ2n) is 3.93. The molecule has 0 amide bonds. The number of benzene rings is 1. The molecule has 1 heterocycles. The SMILES string of the molecule is C=C(C)CSc1nnc(-c2cccc([N+](=O)[O-])c2)o1. The third kappa shape index (κ3) is 3.41. The van der Waals surface area contributed by atoms with E-state index in [1.807, 2.05) is 6.92 Å². The Morgan fingerprint density at radius 2 is 2.32 bits per heavy atom. The summed E-state index contributed by atoms with van der Waals surface area (Å²) < 4.78 is 5.43. The summed E-state index contributed by atoms with van der Waals surface area (Å²) in [4.78, 5) is 10.2. The number of non-ortho nitro benzene ring substituents is 1. The summed E-state index contributed by atoms with van der Waals surface area (Å²) in [5.74, 6) is 0.962. The Morgan fingerprint density at radius 1 is 1.53 bits per heavy atom. The van der Waals surface area contributed by atoms with Crippen LogP contribution in [0.4, 0.5) is 5.69 Å². The van der Waals surface area contributed by atoms with Crippen LogP contribution in [0.3, 0.4) is 0 Å². The molecule has 0 saturated carbocycles. The molecule has 1 aromatic carbocycles. The van der Waals surface area contributed by atoms with Crippen molar-refractivity contribution in [1.29, 1.82) is 0 Å². The number of hydrogen-bond donors (Lipinski definition) is 0. The number of hydrogen-bond acceptors (Lipinski definition) is 6. The van der Waals surface area contributed by atoms with Gasteiger partial charge in [-0.15, -0.1) is 10.2 Å². The summed E-state index contributed by atoms with van der Waals surface area (Å²) in [5, 5.41) is 18.9. The molecule has 98 valence electrons. The van der Waals surface area contributed by atoms with Crippen molar-refractivity contribution in [3.05, 3.63) is 46.5 Å². The first-order valence-electron chi connectivity index (χ1n) is 5.42. The molecule has 0 fully saturated rings. The topological polar surface area (TPSA) is 82.1 Å². The van der Waals surface area contributed by atoms with Crippen LogP contribution in [0.15, 0.2) is 46.1 Å². The zero-order chi connectivity index (χ0) is 13.8. The highest BCUT2D eigenvalue weighted by Gasteiger charge is 2.12. The first kappa shape index (κ1) is 13.3. The van der Waals surface area contributed by atoms with Crippen molar-refractivity contribution in [2.24, 2.45) is 0 Å². The first-order valence-corrected chi connectivity index (χ1v) is 6.40. The highest BCUT2D eigenvalue weighted by molar-refractivity contribution is 7.99. The van der Waals surface area contributed by atoms with E-state index in [4.69, 9.17) is 4.42 Å². The van der Waals surface area contributed by atoms with Crippen LogP contribution in [0.1, 0.15) is 6.92 Å². The van der Waals surface area contributed by atoms with Gasteiger partial charge in [0.15, 0.2) is 0 Å². The molecule has 0 N–H and O–H groups in total. The average molecular weight is 277 g/mol. The number of nitro benzene ring substituents is 1. The number of rotatable bonds is 5. The van der Waals surface area contributed by atoms with Gasteiger partial charge in [-0.1, -0.05) is 30.0 Å². The van der Waals surface area contributed by atoms with Crippen molar-refractivity contribution >= 4 is 17.4 Å². The van der Waals surface area contributed by atoms with Gasteiger partial charge in [-0.05, 0) is 13.0 Å². The van der Waals surface area contributed by atoms with E-state index in [1.54, 1.807) is 12.1 Å². The van der Waals surface area contributed by atoms with E-state index in [0.29, 0.717) is 16.5 Å². The molecule has 0 saturated heterocycles. The van der Waals surface area contributed by atoms with Crippen molar-refractivity contribution in [1.82, 2.24) is 10.2 Å². The van der Waals surface area contributed by atoms with Gasteiger partial charge in [0.2, 0.25) is 5.89 Å². The third-order valence-electron chi connectivity index (χ3n) is 2.15. The van der Waals surface area contributed by atoms with Gasteiger partial charge < -0.3 is 4.42 Å². The van der Waals surface area contributed by atoms with Gasteiger partial charge in [0.25, 0.3) is 10.9 Å². The Bertz CT molecular complexity index is 624. The quantitative estimate of drug-likeness (QED) is 0.361. The molecule has 19 heavy (non-hydrogen) atoms. The van der Waals surface area contributed by atoms with Gasteiger partial charge >= 0.3 is 0 Å². The van der Waals surface area contributed by atoms with E-state index in [1.165, 1.54) is 23.9 Å². The molecule has 0 unspecified atom stereocenters. The Balaban J connectivity index is 2.20. The second-order valence-corrected chi connectivity index (χ2v) is 4.85. The summed E-state index contributed by atoms with van der Waals surface area (Å²) >= 11 is 1.38. The maximum absolute atomic E-state index is 10.7. The molecule has 0 spiro atoms. The van der Waals surface area contributed by atoms with E-state index < -0.39 is 4.92 Å². The molecule has 1 aromatic heterocycles. The minimum atomic E-state index is -0.462. The van der Waals surface area contributed by atoms with E-state index in [0.717, 1.165) is 5.57 Å². The van der Waals surface area contributed by atoms with Gasteiger partial charge in [0, 0.05) is 23.4 Å². The van der Waals surface area contributed by atoms with Gasteiger partial charge in [-0.2, -0.15) is 0 Å². The molecule has 0 aliphatic heterocycles. The summed E-state index contributed by atoms with van der Waals surface area (Å²) in [7, 11) is 0. The Hall–Kier alpha value is -2.15. The smallest absolute Gasteiger partial charge is 0.277 e. The van der Waals surface area contributed by atoms with Crippen LogP contribution in [0.25, 0.3) is 11.5 Å². The fourth-order valence-electron chi connectivity index (χ4n) is 1.32. The second kappa shape index (κ2) is 5.66. The van der Waals surface area contributed by atoms with Crippen molar-refractivity contribution in [2.75, 3.05) is 5.75 Å². The summed E-state index contributed by atoms with van der Waals surface area (Å²) in [6.45, 7) is 5.69. The molecule has 2 rings (SSSR count). The number of thioether (sulfide) groups is 1. The fraction of sp³-hybridized carbons (Fsp3) is 0.167. The minimum absolute atomic E-state index is 0.00756. The fourth-order valence-corrected chi connectivity index (χ4v) is 1.93. The van der Waals surface area contributed by atoms with Crippen LogP contribution >= 0.6 is 11.8 Å². The van der Waals surface area contributed by atoms with Gasteiger partial charge in [-0.25, -0.2) is 0 Å². The Morgan fingerprint density at radius 3 is 3.00 bits per heavy atom. The normalized spacial score (nSPS) is 10.4. The molecule has 6 nitrogen and oxygen atoms in total. The summed E-state index contributed by atoms with van der Waals surface area (Å²) in [5.41, 5.74) is 1.52. The maximum atomic E-state index is 10.7. The monoisotopic (exact) mass is 277 g/mol. The molecule has 0 aliphatic carbocycles. The molecule has 0 bridgehead atoms. The number of nitrogens with zero attached hydrogens (tertiary/aromatic N) is 3. The van der Waals surface area contributed by atoms with Crippen LogP contribution in [0.2, 0.25) is 0 Å². The van der Waals surface area contributed by atoms with E-state index in [2.05, 4.69) is 16.8 Å². The third-order valence-corrected chi connectivity index (χ3v) is 3.20. The van der Waals surface area contributed by atoms with Gasteiger partial charge in [0.05, 0.1) is 4.92 Å². The van der Waals surface area contributed by atoms with Crippen LogP contribution in [-0.4, -0.2) is 20.9 Å². The maximum Gasteiger partial charge on any atom is 0.277 e. The predicted octanol–water partition coefficient (Wildman–Crippen LogP) is 3.31. The lowest BCUT2D eigenvalue weighted by Crippen LogP contribution is -1.88. The first-order chi connectivity index (χ1) is 9.06. The molecule has 0 aliphatic rings. The lowest BCUT2D eigenvalue weighted by molar-refractivity contribution is -0.384. The molecule has 2 aromatic rings. The number of nitro groups is 1. The molecular formula is C12H11N3O3S. The van der Waals surface area contributed by atoms with E-state index in [9.17, 15) is 10.1 Å². The Labute approximate surface area is 113 Å². The minimum Gasteiger partial charge on any atom is -0.411 e. The molecule has 0 radical (unpaired) electrons. The predicted molar refractivity (Wildman–Crippen MR) is 71.9 cm³/mol. The van der Waals surface area contributed by atoms with Crippen LogP contribution in [0.5, 0.6) is 0 Å². The Kier molecular flexibility index (Phi) is 3.96. The zero-order valence-electron chi connectivity index (χ0n) is 10.2. The molecule has 7 heteroatoms. The summed E-state index contributed by atoms with van der Waals surface area (Å²) in [6.07, 6.45) is 0. The lowest BCUT2D eigenvalue weighted by atomic mass is 10.2. The van der Waals surface area contributed by atoms with E-state index >= 15 is 0 Å². The van der Waals surface area contributed by atoms with Crippen molar-refractivity contribution in [3.63, 3.8) is 0 Å². The van der Waals surface area contributed by atoms with Crippen molar-refractivity contribution < 1.29 is 9.34 Å². The molecular weight excluding hydrogens is 266 g/mol. The van der Waals surface area contributed by atoms with Crippen molar-refractivity contribution in [3.8, 4) is 11.5 Å². The van der Waals surface area contributed by atoms with Gasteiger partial charge in [-0.3, -0.25) is 10.1 Å². The van der Waals surface area contributed by atoms with Crippen molar-refractivity contribution in [2.45, 2.75) is 12.1 Å². The zero-order valence-corrected chi connectivity index (χ0v) is 11.0. The standard InChI is InChI=1S/C12H11N3O3S/c1-8(2)7-19-12-14-13-11(18-12)9-4-3-5-10(6-9)15(16)17/h3-6H,1,7H2,2H3. The largest absolute Gasteiger partial charge is 0.411 e.